The Labute approximate surface area is 109 Å². The van der Waals surface area contributed by atoms with Crippen LogP contribution in [0.5, 0.6) is 0 Å². The second kappa shape index (κ2) is 4.57. The summed E-state index contributed by atoms with van der Waals surface area (Å²) in [6.45, 7) is 0. The number of furan rings is 1. The summed E-state index contributed by atoms with van der Waals surface area (Å²) < 4.78 is 5.41. The molecule has 94 valence electrons. The topological polar surface area (TPSA) is 63.3 Å². The molecule has 4 heteroatoms. The molecule has 0 amide bonds. The largest absolute Gasteiger partial charge is 0.480 e. The quantitative estimate of drug-likeness (QED) is 0.779. The average molecular weight is 253 g/mol. The van der Waals surface area contributed by atoms with E-state index >= 15 is 0 Å². The van der Waals surface area contributed by atoms with E-state index in [-0.39, 0.29) is 0 Å². The highest BCUT2D eigenvalue weighted by Gasteiger charge is 2.26. The first-order valence-corrected chi connectivity index (χ1v) is 5.87. The van der Waals surface area contributed by atoms with Gasteiger partial charge < -0.3 is 9.52 Å². The van der Waals surface area contributed by atoms with Crippen LogP contribution in [-0.4, -0.2) is 16.1 Å². The summed E-state index contributed by atoms with van der Waals surface area (Å²) in [6.07, 6.45) is 3.09. The summed E-state index contributed by atoms with van der Waals surface area (Å²) in [5.74, 6) is -1.75. The number of para-hydroxylation sites is 1. The second-order valence-electron chi connectivity index (χ2n) is 4.21. The van der Waals surface area contributed by atoms with Crippen LogP contribution in [-0.2, 0) is 4.79 Å². The van der Waals surface area contributed by atoms with Crippen molar-refractivity contribution in [1.82, 2.24) is 4.98 Å². The van der Waals surface area contributed by atoms with Crippen LogP contribution in [0.15, 0.2) is 59.3 Å². The van der Waals surface area contributed by atoms with E-state index in [1.807, 2.05) is 24.3 Å². The van der Waals surface area contributed by atoms with Crippen LogP contribution in [0.2, 0.25) is 0 Å². The van der Waals surface area contributed by atoms with E-state index in [4.69, 9.17) is 4.42 Å². The summed E-state index contributed by atoms with van der Waals surface area (Å²) in [5, 5.41) is 10.3. The van der Waals surface area contributed by atoms with Gasteiger partial charge in [0.1, 0.15) is 11.5 Å². The van der Waals surface area contributed by atoms with Crippen molar-refractivity contribution in [3.63, 3.8) is 0 Å². The Bertz CT molecular complexity index is 718. The molecule has 3 aromatic rings. The van der Waals surface area contributed by atoms with E-state index < -0.39 is 11.9 Å². The molecule has 2 heterocycles. The van der Waals surface area contributed by atoms with E-state index in [0.29, 0.717) is 16.8 Å². The van der Waals surface area contributed by atoms with E-state index in [1.165, 1.54) is 6.26 Å². The molecule has 0 spiro atoms. The van der Waals surface area contributed by atoms with E-state index in [2.05, 4.69) is 4.98 Å². The number of aliphatic carboxylic acids is 1. The van der Waals surface area contributed by atoms with Crippen LogP contribution in [0.1, 0.15) is 17.2 Å². The van der Waals surface area contributed by atoms with Crippen molar-refractivity contribution in [2.24, 2.45) is 0 Å². The molecule has 1 atom stereocenters. The van der Waals surface area contributed by atoms with Crippen LogP contribution >= 0.6 is 0 Å². The zero-order valence-corrected chi connectivity index (χ0v) is 9.98. The van der Waals surface area contributed by atoms with Crippen molar-refractivity contribution >= 4 is 16.9 Å². The normalized spacial score (nSPS) is 12.4. The summed E-state index contributed by atoms with van der Waals surface area (Å²) >= 11 is 0. The molecular formula is C15H11NO3. The minimum Gasteiger partial charge on any atom is -0.480 e. The summed E-state index contributed by atoms with van der Waals surface area (Å²) in [6, 6.07) is 12.6. The second-order valence-corrected chi connectivity index (χ2v) is 4.21. The van der Waals surface area contributed by atoms with Gasteiger partial charge in [-0.25, -0.2) is 0 Å². The summed E-state index contributed by atoms with van der Waals surface area (Å²) in [7, 11) is 0. The van der Waals surface area contributed by atoms with Crippen molar-refractivity contribution in [1.29, 1.82) is 0 Å². The number of fused-ring (bicyclic) bond motifs is 1. The molecule has 0 radical (unpaired) electrons. The van der Waals surface area contributed by atoms with E-state index in [9.17, 15) is 9.90 Å². The molecule has 1 aromatic carbocycles. The maximum absolute atomic E-state index is 11.6. The number of pyridine rings is 1. The van der Waals surface area contributed by atoms with Gasteiger partial charge in [-0.15, -0.1) is 0 Å². The van der Waals surface area contributed by atoms with Crippen molar-refractivity contribution in [2.75, 3.05) is 0 Å². The third kappa shape index (κ3) is 1.97. The fourth-order valence-corrected chi connectivity index (χ4v) is 2.19. The first-order valence-electron chi connectivity index (χ1n) is 5.87. The zero-order valence-electron chi connectivity index (χ0n) is 9.98. The van der Waals surface area contributed by atoms with Crippen LogP contribution < -0.4 is 0 Å². The third-order valence-corrected chi connectivity index (χ3v) is 3.05. The first-order chi connectivity index (χ1) is 9.27. The number of benzene rings is 1. The standard InChI is InChI=1S/C15H11NO3/c17-15(18)14(12-6-3-4-8-16-12)11-9-19-13-7-2-1-5-10(11)13/h1-9,14H,(H,17,18). The minimum absolute atomic E-state index is 0.501. The fraction of sp³-hybridized carbons (Fsp3) is 0.0667. The van der Waals surface area contributed by atoms with Crippen molar-refractivity contribution < 1.29 is 14.3 Å². The van der Waals surface area contributed by atoms with Gasteiger partial charge in [-0.05, 0) is 18.2 Å². The van der Waals surface area contributed by atoms with Crippen molar-refractivity contribution in [2.45, 2.75) is 5.92 Å². The molecule has 4 nitrogen and oxygen atoms in total. The van der Waals surface area contributed by atoms with Gasteiger partial charge >= 0.3 is 5.97 Å². The number of aromatic nitrogens is 1. The van der Waals surface area contributed by atoms with Crippen LogP contribution in [0.4, 0.5) is 0 Å². The molecule has 19 heavy (non-hydrogen) atoms. The van der Waals surface area contributed by atoms with Gasteiger partial charge in [0, 0.05) is 17.1 Å². The third-order valence-electron chi connectivity index (χ3n) is 3.05. The van der Waals surface area contributed by atoms with Crippen molar-refractivity contribution in [3.8, 4) is 0 Å². The monoisotopic (exact) mass is 253 g/mol. The molecule has 1 unspecified atom stereocenters. The Kier molecular flexibility index (Phi) is 2.76. The highest BCUT2D eigenvalue weighted by molar-refractivity contribution is 5.89. The summed E-state index contributed by atoms with van der Waals surface area (Å²) in [5.41, 5.74) is 1.81. The molecule has 0 aliphatic rings. The maximum atomic E-state index is 11.6. The Balaban J connectivity index is 2.18. The average Bonchev–Trinajstić information content (AvgIpc) is 2.84. The zero-order chi connectivity index (χ0) is 13.2. The lowest BCUT2D eigenvalue weighted by molar-refractivity contribution is -0.137. The lowest BCUT2D eigenvalue weighted by Gasteiger charge is -2.10. The number of carboxylic acids is 1. The molecule has 0 aliphatic carbocycles. The maximum Gasteiger partial charge on any atom is 0.317 e. The van der Waals surface area contributed by atoms with Gasteiger partial charge in [0.25, 0.3) is 0 Å². The Morgan fingerprint density at radius 2 is 1.95 bits per heavy atom. The van der Waals surface area contributed by atoms with Gasteiger partial charge in [0.05, 0.1) is 12.0 Å². The Morgan fingerprint density at radius 3 is 2.68 bits per heavy atom. The first kappa shape index (κ1) is 11.5. The number of rotatable bonds is 3. The predicted molar refractivity (Wildman–Crippen MR) is 69.9 cm³/mol. The molecule has 0 saturated heterocycles. The molecule has 1 N–H and O–H groups in total. The number of hydrogen-bond donors (Lipinski definition) is 1. The molecule has 0 saturated carbocycles. The van der Waals surface area contributed by atoms with Gasteiger partial charge in [-0.1, -0.05) is 24.3 Å². The Hall–Kier alpha value is -2.62. The van der Waals surface area contributed by atoms with Gasteiger partial charge in [0.2, 0.25) is 0 Å². The number of carbonyl (C=O) groups is 1. The van der Waals surface area contributed by atoms with Gasteiger partial charge in [0.15, 0.2) is 0 Å². The number of hydrogen-bond acceptors (Lipinski definition) is 3. The smallest absolute Gasteiger partial charge is 0.317 e. The number of nitrogens with zero attached hydrogens (tertiary/aromatic N) is 1. The molecule has 2 aromatic heterocycles. The molecule has 0 aliphatic heterocycles. The van der Waals surface area contributed by atoms with E-state index in [1.54, 1.807) is 24.4 Å². The van der Waals surface area contributed by atoms with Crippen molar-refractivity contribution in [3.05, 3.63) is 66.2 Å². The van der Waals surface area contributed by atoms with Crippen LogP contribution in [0.3, 0.4) is 0 Å². The molecule has 0 bridgehead atoms. The molecule has 0 fully saturated rings. The SMILES string of the molecule is O=C(O)C(c1ccccn1)c1coc2ccccc12. The van der Waals surface area contributed by atoms with E-state index in [0.717, 1.165) is 5.39 Å². The van der Waals surface area contributed by atoms with Gasteiger partial charge in [-0.3, -0.25) is 9.78 Å². The number of carboxylic acid groups (broad SMARTS) is 1. The molecular weight excluding hydrogens is 242 g/mol. The van der Waals surface area contributed by atoms with Crippen LogP contribution in [0.25, 0.3) is 11.0 Å². The lowest BCUT2D eigenvalue weighted by atomic mass is 9.95. The predicted octanol–water partition coefficient (Wildman–Crippen LogP) is 3.04. The molecule has 3 rings (SSSR count). The lowest BCUT2D eigenvalue weighted by Crippen LogP contribution is -2.13. The summed E-state index contributed by atoms with van der Waals surface area (Å²) in [4.78, 5) is 15.7. The van der Waals surface area contributed by atoms with Gasteiger partial charge in [-0.2, -0.15) is 0 Å². The fourth-order valence-electron chi connectivity index (χ4n) is 2.19. The highest BCUT2D eigenvalue weighted by atomic mass is 16.4. The Morgan fingerprint density at radius 1 is 1.16 bits per heavy atom. The highest BCUT2D eigenvalue weighted by Crippen LogP contribution is 2.31. The van der Waals surface area contributed by atoms with Crippen LogP contribution in [0, 0.1) is 0 Å². The minimum atomic E-state index is -0.940.